The molecule has 2 unspecified atom stereocenters. The molecule has 0 spiro atoms. The first-order chi connectivity index (χ1) is 10.2. The van der Waals surface area contributed by atoms with Gasteiger partial charge in [0.15, 0.2) is 5.75 Å². The normalized spacial score (nSPS) is 13.9. The molecule has 0 bridgehead atoms. The van der Waals surface area contributed by atoms with E-state index >= 15 is 0 Å². The molecule has 0 fully saturated rings. The number of nitrogens with zero attached hydrogens (tertiary/aromatic N) is 2. The minimum absolute atomic E-state index is 0.231. The molecule has 1 heterocycles. The van der Waals surface area contributed by atoms with Crippen LogP contribution < -0.4 is 16.0 Å². The summed E-state index contributed by atoms with van der Waals surface area (Å²) in [7, 11) is 3.47. The molecule has 0 saturated carbocycles. The summed E-state index contributed by atoms with van der Waals surface area (Å²) >= 11 is 0. The predicted molar refractivity (Wildman–Crippen MR) is 80.6 cm³/mol. The zero-order valence-corrected chi connectivity index (χ0v) is 12.6. The number of rotatable bonds is 7. The van der Waals surface area contributed by atoms with Gasteiger partial charge in [0.25, 0.3) is 0 Å². The maximum Gasteiger partial charge on any atom is 0.161 e. The smallest absolute Gasteiger partial charge is 0.161 e. The van der Waals surface area contributed by atoms with Gasteiger partial charge in [0.05, 0.1) is 19.3 Å². The lowest BCUT2D eigenvalue weighted by atomic mass is 9.99. The maximum atomic E-state index is 5.92. The van der Waals surface area contributed by atoms with E-state index < -0.39 is 0 Å². The van der Waals surface area contributed by atoms with Crippen molar-refractivity contribution in [1.82, 2.24) is 15.2 Å². The Balaban J connectivity index is 2.43. The van der Waals surface area contributed by atoms with E-state index in [1.807, 2.05) is 44.3 Å². The zero-order chi connectivity index (χ0) is 15.2. The standard InChI is InChI=1S/C15H22N4O2/c1-4-21-15(11-8-6-5-7-9-11)13(18-16)14-12(20-3)10-17-19(14)2/h5-10,13,15,18H,4,16H2,1-3H3. The molecule has 1 aromatic heterocycles. The third-order valence-corrected chi connectivity index (χ3v) is 3.42. The number of nitrogens with two attached hydrogens (primary N) is 1. The molecule has 0 aliphatic heterocycles. The van der Waals surface area contributed by atoms with Gasteiger partial charge >= 0.3 is 0 Å². The molecule has 0 radical (unpaired) electrons. The lowest BCUT2D eigenvalue weighted by Crippen LogP contribution is -2.35. The molecule has 1 aromatic carbocycles. The van der Waals surface area contributed by atoms with E-state index in [0.717, 1.165) is 11.3 Å². The average Bonchev–Trinajstić information content (AvgIpc) is 2.89. The quantitative estimate of drug-likeness (QED) is 0.600. The third kappa shape index (κ3) is 3.24. The summed E-state index contributed by atoms with van der Waals surface area (Å²) in [4.78, 5) is 0. The van der Waals surface area contributed by atoms with E-state index in [1.165, 1.54) is 0 Å². The molecule has 0 aliphatic carbocycles. The lowest BCUT2D eigenvalue weighted by molar-refractivity contribution is 0.0299. The molecule has 6 nitrogen and oxygen atoms in total. The molecule has 0 aliphatic rings. The van der Waals surface area contributed by atoms with Crippen LogP contribution in [0.15, 0.2) is 36.5 Å². The van der Waals surface area contributed by atoms with Crippen LogP contribution in [-0.4, -0.2) is 23.5 Å². The van der Waals surface area contributed by atoms with Crippen LogP contribution in [0.1, 0.15) is 30.3 Å². The molecular formula is C15H22N4O2. The molecule has 3 N–H and O–H groups in total. The number of aromatic nitrogens is 2. The number of hydrogen-bond donors (Lipinski definition) is 2. The Morgan fingerprint density at radius 3 is 2.62 bits per heavy atom. The van der Waals surface area contributed by atoms with E-state index in [-0.39, 0.29) is 12.1 Å². The van der Waals surface area contributed by atoms with Gasteiger partial charge in [-0.1, -0.05) is 30.3 Å². The molecule has 2 rings (SSSR count). The summed E-state index contributed by atoms with van der Waals surface area (Å²) in [5.41, 5.74) is 4.73. The summed E-state index contributed by atoms with van der Waals surface area (Å²) in [6, 6.07) is 9.71. The summed E-state index contributed by atoms with van der Waals surface area (Å²) in [5, 5.41) is 4.23. The van der Waals surface area contributed by atoms with Gasteiger partial charge in [-0.2, -0.15) is 5.10 Å². The van der Waals surface area contributed by atoms with Crippen molar-refractivity contribution in [3.05, 3.63) is 47.8 Å². The maximum absolute atomic E-state index is 5.92. The minimum Gasteiger partial charge on any atom is -0.493 e. The predicted octanol–water partition coefficient (Wildman–Crippen LogP) is 1.71. The molecule has 2 atom stereocenters. The highest BCUT2D eigenvalue weighted by molar-refractivity contribution is 5.31. The van der Waals surface area contributed by atoms with Crippen LogP contribution in [0.2, 0.25) is 0 Å². The number of hydrazine groups is 1. The Labute approximate surface area is 124 Å². The van der Waals surface area contributed by atoms with Crippen molar-refractivity contribution in [2.24, 2.45) is 12.9 Å². The van der Waals surface area contributed by atoms with Crippen LogP contribution in [0.3, 0.4) is 0 Å². The van der Waals surface area contributed by atoms with Crippen molar-refractivity contribution in [3.63, 3.8) is 0 Å². The van der Waals surface area contributed by atoms with Crippen molar-refractivity contribution in [3.8, 4) is 5.75 Å². The van der Waals surface area contributed by atoms with Gasteiger partial charge in [-0.05, 0) is 12.5 Å². The summed E-state index contributed by atoms with van der Waals surface area (Å²) in [6.07, 6.45) is 1.44. The van der Waals surface area contributed by atoms with Crippen LogP contribution >= 0.6 is 0 Å². The Hall–Kier alpha value is -1.89. The second kappa shape index (κ2) is 7.21. The number of ether oxygens (including phenoxy) is 2. The first kappa shape index (κ1) is 15.5. The minimum atomic E-state index is -0.269. The second-order valence-electron chi connectivity index (χ2n) is 4.65. The molecule has 0 saturated heterocycles. The van der Waals surface area contributed by atoms with Gasteiger partial charge in [0.1, 0.15) is 11.8 Å². The SMILES string of the molecule is CCOC(c1ccccc1)C(NN)c1c(OC)cnn1C. The van der Waals surface area contributed by atoms with Gasteiger partial charge in [-0.3, -0.25) is 10.5 Å². The van der Waals surface area contributed by atoms with Crippen molar-refractivity contribution in [2.75, 3.05) is 13.7 Å². The Kier molecular flexibility index (Phi) is 5.32. The Morgan fingerprint density at radius 2 is 2.05 bits per heavy atom. The molecule has 6 heteroatoms. The Bertz CT molecular complexity index is 556. The zero-order valence-electron chi connectivity index (χ0n) is 12.6. The van der Waals surface area contributed by atoms with Crippen molar-refractivity contribution >= 4 is 0 Å². The van der Waals surface area contributed by atoms with Gasteiger partial charge in [-0.15, -0.1) is 0 Å². The van der Waals surface area contributed by atoms with Crippen molar-refractivity contribution < 1.29 is 9.47 Å². The van der Waals surface area contributed by atoms with Crippen LogP contribution in [0, 0.1) is 0 Å². The van der Waals surface area contributed by atoms with Gasteiger partial charge in [-0.25, -0.2) is 5.43 Å². The number of aryl methyl sites for hydroxylation is 1. The average molecular weight is 290 g/mol. The molecule has 114 valence electrons. The topological polar surface area (TPSA) is 74.3 Å². The van der Waals surface area contributed by atoms with E-state index in [9.17, 15) is 0 Å². The van der Waals surface area contributed by atoms with Crippen LogP contribution in [0.25, 0.3) is 0 Å². The number of hydrogen-bond acceptors (Lipinski definition) is 5. The highest BCUT2D eigenvalue weighted by atomic mass is 16.5. The fraction of sp³-hybridized carbons (Fsp3) is 0.400. The largest absolute Gasteiger partial charge is 0.493 e. The van der Waals surface area contributed by atoms with E-state index in [0.29, 0.717) is 12.4 Å². The fourth-order valence-electron chi connectivity index (χ4n) is 2.46. The third-order valence-electron chi connectivity index (χ3n) is 3.42. The van der Waals surface area contributed by atoms with Gasteiger partial charge in [0.2, 0.25) is 0 Å². The van der Waals surface area contributed by atoms with Crippen molar-refractivity contribution in [2.45, 2.75) is 19.1 Å². The number of nitrogens with one attached hydrogen (secondary N) is 1. The summed E-state index contributed by atoms with van der Waals surface area (Å²) in [5.74, 6) is 6.48. The molecule has 0 amide bonds. The molecule has 2 aromatic rings. The number of benzene rings is 1. The first-order valence-corrected chi connectivity index (χ1v) is 6.91. The second-order valence-corrected chi connectivity index (χ2v) is 4.65. The van der Waals surface area contributed by atoms with Crippen molar-refractivity contribution in [1.29, 1.82) is 0 Å². The molecular weight excluding hydrogens is 268 g/mol. The molecule has 21 heavy (non-hydrogen) atoms. The van der Waals surface area contributed by atoms with E-state index in [4.69, 9.17) is 15.3 Å². The van der Waals surface area contributed by atoms with Crippen LogP contribution in [0.5, 0.6) is 5.75 Å². The van der Waals surface area contributed by atoms with Crippen LogP contribution in [-0.2, 0) is 11.8 Å². The number of methoxy groups -OCH3 is 1. The fourth-order valence-corrected chi connectivity index (χ4v) is 2.46. The highest BCUT2D eigenvalue weighted by Crippen LogP contribution is 2.35. The Morgan fingerprint density at radius 1 is 1.33 bits per heavy atom. The van der Waals surface area contributed by atoms with Gasteiger partial charge < -0.3 is 9.47 Å². The van der Waals surface area contributed by atoms with Gasteiger partial charge in [0, 0.05) is 13.7 Å². The van der Waals surface area contributed by atoms with E-state index in [1.54, 1.807) is 18.0 Å². The lowest BCUT2D eigenvalue weighted by Gasteiger charge is -2.27. The summed E-state index contributed by atoms with van der Waals surface area (Å²) in [6.45, 7) is 2.54. The van der Waals surface area contributed by atoms with Crippen LogP contribution in [0.4, 0.5) is 0 Å². The monoisotopic (exact) mass is 290 g/mol. The summed E-state index contributed by atoms with van der Waals surface area (Å²) < 4.78 is 13.0. The van der Waals surface area contributed by atoms with E-state index in [2.05, 4.69) is 10.5 Å². The highest BCUT2D eigenvalue weighted by Gasteiger charge is 2.29. The first-order valence-electron chi connectivity index (χ1n) is 6.91.